The molecular formula is C13H20BrN3O2. The van der Waals surface area contributed by atoms with Gasteiger partial charge in [-0.2, -0.15) is 0 Å². The molecule has 106 valence electrons. The van der Waals surface area contributed by atoms with E-state index >= 15 is 0 Å². The predicted molar refractivity (Wildman–Crippen MR) is 78.1 cm³/mol. The van der Waals surface area contributed by atoms with Crippen molar-refractivity contribution in [1.82, 2.24) is 14.8 Å². The van der Waals surface area contributed by atoms with E-state index in [-0.39, 0.29) is 18.4 Å². The van der Waals surface area contributed by atoms with Crippen molar-refractivity contribution >= 4 is 27.7 Å². The summed E-state index contributed by atoms with van der Waals surface area (Å²) in [6, 6.07) is 1.78. The minimum Gasteiger partial charge on any atom is -0.355 e. The lowest BCUT2D eigenvalue weighted by molar-refractivity contribution is -0.121. The molecule has 0 aromatic carbocycles. The van der Waals surface area contributed by atoms with Gasteiger partial charge in [-0.25, -0.2) is 0 Å². The number of nitrogens with one attached hydrogen (secondary N) is 1. The van der Waals surface area contributed by atoms with Gasteiger partial charge in [-0.05, 0) is 42.8 Å². The van der Waals surface area contributed by atoms with Gasteiger partial charge in [-0.3, -0.25) is 9.59 Å². The first kappa shape index (κ1) is 15.8. The summed E-state index contributed by atoms with van der Waals surface area (Å²) in [5.74, 6) is -0.257. The number of halogens is 1. The summed E-state index contributed by atoms with van der Waals surface area (Å²) in [6.07, 6.45) is 1.87. The van der Waals surface area contributed by atoms with E-state index in [0.29, 0.717) is 25.3 Å². The summed E-state index contributed by atoms with van der Waals surface area (Å²) in [5.41, 5.74) is 0.598. The maximum atomic E-state index is 12.4. The smallest absolute Gasteiger partial charge is 0.270 e. The quantitative estimate of drug-likeness (QED) is 0.866. The minimum absolute atomic E-state index is 0.0929. The molecule has 1 aromatic rings. The number of aromatic nitrogens is 1. The van der Waals surface area contributed by atoms with Gasteiger partial charge in [0.25, 0.3) is 5.91 Å². The maximum absolute atomic E-state index is 12.4. The number of hydrogen-bond acceptors (Lipinski definition) is 2. The second kappa shape index (κ2) is 7.33. The van der Waals surface area contributed by atoms with E-state index in [2.05, 4.69) is 21.2 Å². The fourth-order valence-electron chi connectivity index (χ4n) is 1.83. The molecular weight excluding hydrogens is 310 g/mol. The molecule has 0 spiro atoms. The van der Waals surface area contributed by atoms with Crippen LogP contribution in [-0.2, 0) is 11.3 Å². The largest absolute Gasteiger partial charge is 0.355 e. The van der Waals surface area contributed by atoms with E-state index in [4.69, 9.17) is 0 Å². The van der Waals surface area contributed by atoms with Gasteiger partial charge in [0.05, 0.1) is 6.54 Å². The zero-order chi connectivity index (χ0) is 14.4. The van der Waals surface area contributed by atoms with Crippen LogP contribution in [0.2, 0.25) is 0 Å². The predicted octanol–water partition coefficient (Wildman–Crippen LogP) is 1.87. The van der Waals surface area contributed by atoms with E-state index in [9.17, 15) is 9.59 Å². The van der Waals surface area contributed by atoms with E-state index in [0.717, 1.165) is 4.47 Å². The molecule has 1 rings (SSSR count). The first-order chi connectivity index (χ1) is 9.03. The van der Waals surface area contributed by atoms with Crippen molar-refractivity contribution in [3.8, 4) is 0 Å². The summed E-state index contributed by atoms with van der Waals surface area (Å²) < 4.78 is 2.74. The summed E-state index contributed by atoms with van der Waals surface area (Å²) in [7, 11) is 0. The molecule has 19 heavy (non-hydrogen) atoms. The fourth-order valence-corrected chi connectivity index (χ4v) is 2.30. The Bertz CT molecular complexity index is 457. The first-order valence-corrected chi connectivity index (χ1v) is 7.24. The summed E-state index contributed by atoms with van der Waals surface area (Å²) >= 11 is 3.37. The number of aryl methyl sites for hydroxylation is 1. The minimum atomic E-state index is -0.133. The lowest BCUT2D eigenvalue weighted by atomic mass is 10.3. The zero-order valence-corrected chi connectivity index (χ0v) is 13.2. The number of likely N-dealkylation sites (N-methyl/N-ethyl adjacent to an activating group) is 2. The van der Waals surface area contributed by atoms with Gasteiger partial charge in [0, 0.05) is 30.3 Å². The maximum Gasteiger partial charge on any atom is 0.270 e. The van der Waals surface area contributed by atoms with Crippen LogP contribution in [0.15, 0.2) is 16.7 Å². The van der Waals surface area contributed by atoms with Gasteiger partial charge in [0.1, 0.15) is 5.69 Å². The Morgan fingerprint density at radius 2 is 2.05 bits per heavy atom. The Morgan fingerprint density at radius 3 is 2.58 bits per heavy atom. The topological polar surface area (TPSA) is 54.3 Å². The molecule has 0 atom stereocenters. The highest BCUT2D eigenvalue weighted by molar-refractivity contribution is 9.10. The second-order valence-corrected chi connectivity index (χ2v) is 5.02. The van der Waals surface area contributed by atoms with E-state index in [1.807, 2.05) is 31.5 Å². The number of rotatable bonds is 6. The lowest BCUT2D eigenvalue weighted by Crippen LogP contribution is -2.41. The van der Waals surface area contributed by atoms with Gasteiger partial charge in [-0.1, -0.05) is 0 Å². The van der Waals surface area contributed by atoms with Gasteiger partial charge in [0.15, 0.2) is 0 Å². The molecule has 0 aliphatic carbocycles. The van der Waals surface area contributed by atoms with Crippen LogP contribution in [0.25, 0.3) is 0 Å². The standard InChI is InChI=1S/C13H20BrN3O2/c1-4-15-12(18)9-17(6-3)13(19)11-7-10(14)8-16(11)5-2/h7-8H,4-6,9H2,1-3H3,(H,15,18). The van der Waals surface area contributed by atoms with Crippen molar-refractivity contribution in [2.45, 2.75) is 27.3 Å². The van der Waals surface area contributed by atoms with Crippen molar-refractivity contribution < 1.29 is 9.59 Å². The van der Waals surface area contributed by atoms with Crippen LogP contribution in [0, 0.1) is 0 Å². The third-order valence-electron chi connectivity index (χ3n) is 2.80. The van der Waals surface area contributed by atoms with Crippen molar-refractivity contribution in [2.24, 2.45) is 0 Å². The van der Waals surface area contributed by atoms with Gasteiger partial charge in [-0.15, -0.1) is 0 Å². The van der Waals surface area contributed by atoms with Gasteiger partial charge < -0.3 is 14.8 Å². The van der Waals surface area contributed by atoms with Crippen LogP contribution >= 0.6 is 15.9 Å². The van der Waals surface area contributed by atoms with Crippen LogP contribution < -0.4 is 5.32 Å². The Labute approximate surface area is 122 Å². The first-order valence-electron chi connectivity index (χ1n) is 6.45. The Hall–Kier alpha value is -1.30. The Kier molecular flexibility index (Phi) is 6.08. The highest BCUT2D eigenvalue weighted by Crippen LogP contribution is 2.16. The normalized spacial score (nSPS) is 10.3. The molecule has 1 aromatic heterocycles. The SMILES string of the molecule is CCNC(=O)CN(CC)C(=O)c1cc(Br)cn1CC. The van der Waals surface area contributed by atoms with Crippen LogP contribution in [-0.4, -0.2) is 40.9 Å². The number of carbonyl (C=O) groups is 2. The third-order valence-corrected chi connectivity index (χ3v) is 3.23. The molecule has 0 radical (unpaired) electrons. The summed E-state index contributed by atoms with van der Waals surface area (Å²) in [5, 5.41) is 2.70. The molecule has 6 heteroatoms. The Morgan fingerprint density at radius 1 is 1.37 bits per heavy atom. The molecule has 0 saturated carbocycles. The van der Waals surface area contributed by atoms with Crippen molar-refractivity contribution in [1.29, 1.82) is 0 Å². The summed E-state index contributed by atoms with van der Waals surface area (Å²) in [6.45, 7) is 7.58. The molecule has 0 aliphatic rings. The number of nitrogens with zero attached hydrogens (tertiary/aromatic N) is 2. The Balaban J connectivity index is 2.85. The number of amides is 2. The van der Waals surface area contributed by atoms with Gasteiger partial charge >= 0.3 is 0 Å². The monoisotopic (exact) mass is 329 g/mol. The van der Waals surface area contributed by atoms with E-state index in [1.54, 1.807) is 11.0 Å². The van der Waals surface area contributed by atoms with Crippen LogP contribution in [0.1, 0.15) is 31.3 Å². The average Bonchev–Trinajstić information content (AvgIpc) is 2.76. The molecule has 0 fully saturated rings. The molecule has 0 bridgehead atoms. The van der Waals surface area contributed by atoms with Crippen LogP contribution in [0.4, 0.5) is 0 Å². The lowest BCUT2D eigenvalue weighted by Gasteiger charge is -2.20. The third kappa shape index (κ3) is 4.09. The van der Waals surface area contributed by atoms with Crippen LogP contribution in [0.3, 0.4) is 0 Å². The number of hydrogen-bond donors (Lipinski definition) is 1. The van der Waals surface area contributed by atoms with Crippen molar-refractivity contribution in [2.75, 3.05) is 19.6 Å². The highest BCUT2D eigenvalue weighted by atomic mass is 79.9. The van der Waals surface area contributed by atoms with E-state index in [1.165, 1.54) is 0 Å². The van der Waals surface area contributed by atoms with Crippen molar-refractivity contribution in [3.63, 3.8) is 0 Å². The molecule has 0 aliphatic heterocycles. The molecule has 1 N–H and O–H groups in total. The molecule has 0 unspecified atom stereocenters. The fraction of sp³-hybridized carbons (Fsp3) is 0.538. The molecule has 5 nitrogen and oxygen atoms in total. The van der Waals surface area contributed by atoms with Gasteiger partial charge in [0.2, 0.25) is 5.91 Å². The molecule has 2 amide bonds. The molecule has 1 heterocycles. The van der Waals surface area contributed by atoms with E-state index < -0.39 is 0 Å². The van der Waals surface area contributed by atoms with Crippen LogP contribution in [0.5, 0.6) is 0 Å². The van der Waals surface area contributed by atoms with Crippen molar-refractivity contribution in [3.05, 3.63) is 22.4 Å². The zero-order valence-electron chi connectivity index (χ0n) is 11.6. The number of carbonyl (C=O) groups excluding carboxylic acids is 2. The summed E-state index contributed by atoms with van der Waals surface area (Å²) in [4.78, 5) is 25.5. The molecule has 0 saturated heterocycles. The second-order valence-electron chi connectivity index (χ2n) is 4.10. The average molecular weight is 330 g/mol. The highest BCUT2D eigenvalue weighted by Gasteiger charge is 2.20.